The van der Waals surface area contributed by atoms with Gasteiger partial charge >= 0.3 is 5.76 Å². The predicted molar refractivity (Wildman–Crippen MR) is 91.6 cm³/mol. The van der Waals surface area contributed by atoms with Gasteiger partial charge in [0.05, 0.1) is 21.8 Å². The maximum atomic E-state index is 12.1. The van der Waals surface area contributed by atoms with Gasteiger partial charge in [-0.15, -0.1) is 5.10 Å². The zero-order chi connectivity index (χ0) is 16.7. The van der Waals surface area contributed by atoms with E-state index in [9.17, 15) is 4.79 Å². The molecule has 0 bridgehead atoms. The van der Waals surface area contributed by atoms with Gasteiger partial charge in [0.15, 0.2) is 0 Å². The third-order valence-electron chi connectivity index (χ3n) is 2.78. The molecule has 0 unspecified atom stereocenters. The van der Waals surface area contributed by atoms with Gasteiger partial charge < -0.3 is 15.3 Å². The molecule has 0 aliphatic heterocycles. The first kappa shape index (κ1) is 19.5. The summed E-state index contributed by atoms with van der Waals surface area (Å²) in [5.74, 6) is 0.155. The molecular weight excluding hydrogens is 341 g/mol. The third-order valence-corrected chi connectivity index (χ3v) is 3.38. The standard InChI is InChI=1S/C15H18Cl2N2O3.H3N/c1-8(2)21-12-7-11(9(16)6-10(12)17)19-14(20)22-13(18-19)15(3,4)5;/h6-8H,1-5H3;1H3. The second kappa shape index (κ2) is 6.95. The summed E-state index contributed by atoms with van der Waals surface area (Å²) < 4.78 is 11.9. The Hall–Kier alpha value is -1.50. The summed E-state index contributed by atoms with van der Waals surface area (Å²) in [4.78, 5) is 12.1. The highest BCUT2D eigenvalue weighted by Gasteiger charge is 2.24. The largest absolute Gasteiger partial charge is 0.489 e. The van der Waals surface area contributed by atoms with Crippen LogP contribution in [0.25, 0.3) is 5.69 Å². The van der Waals surface area contributed by atoms with Gasteiger partial charge in [0, 0.05) is 11.5 Å². The lowest BCUT2D eigenvalue weighted by atomic mass is 9.97. The summed E-state index contributed by atoms with van der Waals surface area (Å²) in [5.41, 5.74) is -0.0217. The van der Waals surface area contributed by atoms with Crippen molar-refractivity contribution in [3.05, 3.63) is 38.6 Å². The van der Waals surface area contributed by atoms with Gasteiger partial charge in [-0.05, 0) is 19.9 Å². The Balaban J connectivity index is 0.00000264. The van der Waals surface area contributed by atoms with Gasteiger partial charge in [-0.25, -0.2) is 4.79 Å². The van der Waals surface area contributed by atoms with E-state index < -0.39 is 5.76 Å². The summed E-state index contributed by atoms with van der Waals surface area (Å²) in [5, 5.41) is 4.88. The van der Waals surface area contributed by atoms with Crippen LogP contribution in [0.5, 0.6) is 5.75 Å². The van der Waals surface area contributed by atoms with Crippen molar-refractivity contribution in [3.63, 3.8) is 0 Å². The molecule has 0 amide bonds. The van der Waals surface area contributed by atoms with Crippen LogP contribution in [0.3, 0.4) is 0 Å². The maximum Gasteiger partial charge on any atom is 0.442 e. The van der Waals surface area contributed by atoms with Crippen molar-refractivity contribution in [1.29, 1.82) is 0 Å². The molecule has 1 heterocycles. The molecule has 1 aromatic heterocycles. The molecule has 0 aliphatic rings. The molecule has 6 nitrogen and oxygen atoms in total. The summed E-state index contributed by atoms with van der Waals surface area (Å²) in [7, 11) is 0. The van der Waals surface area contributed by atoms with E-state index in [2.05, 4.69) is 5.10 Å². The van der Waals surface area contributed by atoms with Gasteiger partial charge in [0.25, 0.3) is 0 Å². The minimum Gasteiger partial charge on any atom is -0.489 e. The van der Waals surface area contributed by atoms with Crippen molar-refractivity contribution in [1.82, 2.24) is 15.9 Å². The number of aromatic nitrogens is 2. The minimum atomic E-state index is -0.607. The van der Waals surface area contributed by atoms with E-state index in [1.54, 1.807) is 6.07 Å². The Morgan fingerprint density at radius 3 is 2.30 bits per heavy atom. The molecular formula is C15H21Cl2N3O3. The number of halogens is 2. The fraction of sp³-hybridized carbons (Fsp3) is 0.467. The van der Waals surface area contributed by atoms with E-state index in [0.717, 1.165) is 4.68 Å². The van der Waals surface area contributed by atoms with E-state index >= 15 is 0 Å². The molecule has 0 radical (unpaired) electrons. The normalized spacial score (nSPS) is 11.5. The number of hydrogen-bond donors (Lipinski definition) is 1. The Morgan fingerprint density at radius 2 is 1.83 bits per heavy atom. The first-order valence-corrected chi connectivity index (χ1v) is 7.62. The van der Waals surface area contributed by atoms with Crippen molar-refractivity contribution in [2.45, 2.75) is 46.1 Å². The second-order valence-electron chi connectivity index (χ2n) is 6.24. The van der Waals surface area contributed by atoms with E-state index in [4.69, 9.17) is 32.4 Å². The van der Waals surface area contributed by atoms with Crippen LogP contribution in [0, 0.1) is 0 Å². The highest BCUT2D eigenvalue weighted by molar-refractivity contribution is 6.36. The molecule has 0 saturated heterocycles. The molecule has 1 aromatic carbocycles. The summed E-state index contributed by atoms with van der Waals surface area (Å²) in [6, 6.07) is 3.11. The third kappa shape index (κ3) is 4.28. The molecule has 0 spiro atoms. The van der Waals surface area contributed by atoms with Crippen LogP contribution in [0.4, 0.5) is 0 Å². The Bertz CT molecular complexity index is 745. The van der Waals surface area contributed by atoms with Crippen molar-refractivity contribution >= 4 is 23.2 Å². The van der Waals surface area contributed by atoms with Crippen molar-refractivity contribution < 1.29 is 9.15 Å². The number of ether oxygens (including phenoxy) is 1. The quantitative estimate of drug-likeness (QED) is 0.875. The van der Waals surface area contributed by atoms with Crippen molar-refractivity contribution in [2.75, 3.05) is 0 Å². The Morgan fingerprint density at radius 1 is 1.22 bits per heavy atom. The maximum absolute atomic E-state index is 12.1. The summed E-state index contributed by atoms with van der Waals surface area (Å²) in [6.07, 6.45) is -0.0642. The predicted octanol–water partition coefficient (Wildman–Crippen LogP) is 4.38. The SMILES string of the molecule is CC(C)Oc1cc(-n2nc(C(C)(C)C)oc2=O)c(Cl)cc1Cl.N. The number of hydrogen-bond acceptors (Lipinski definition) is 5. The molecule has 8 heteroatoms. The lowest BCUT2D eigenvalue weighted by Gasteiger charge is -2.13. The zero-order valence-electron chi connectivity index (χ0n) is 13.8. The highest BCUT2D eigenvalue weighted by atomic mass is 35.5. The van der Waals surface area contributed by atoms with E-state index in [-0.39, 0.29) is 22.7 Å². The van der Waals surface area contributed by atoms with Gasteiger partial charge in [-0.2, -0.15) is 4.68 Å². The molecule has 0 fully saturated rings. The number of benzene rings is 1. The first-order chi connectivity index (χ1) is 10.1. The van der Waals surface area contributed by atoms with E-state index in [1.807, 2.05) is 34.6 Å². The van der Waals surface area contributed by atoms with Crippen LogP contribution in [-0.2, 0) is 5.41 Å². The Kier molecular flexibility index (Phi) is 5.90. The van der Waals surface area contributed by atoms with Crippen LogP contribution in [0.1, 0.15) is 40.5 Å². The fourth-order valence-corrected chi connectivity index (χ4v) is 2.27. The molecule has 128 valence electrons. The van der Waals surface area contributed by atoms with Crippen LogP contribution < -0.4 is 16.6 Å². The van der Waals surface area contributed by atoms with E-state index in [0.29, 0.717) is 22.4 Å². The zero-order valence-corrected chi connectivity index (χ0v) is 15.3. The average Bonchev–Trinajstić information content (AvgIpc) is 2.74. The highest BCUT2D eigenvalue weighted by Crippen LogP contribution is 2.33. The molecule has 0 atom stereocenters. The summed E-state index contributed by atoms with van der Waals surface area (Å²) >= 11 is 12.3. The molecule has 3 N–H and O–H groups in total. The number of rotatable bonds is 3. The van der Waals surface area contributed by atoms with Crippen molar-refractivity contribution in [3.8, 4) is 11.4 Å². The molecule has 2 rings (SSSR count). The van der Waals surface area contributed by atoms with Gasteiger partial charge in [-0.3, -0.25) is 0 Å². The number of nitrogens with zero attached hydrogens (tertiary/aromatic N) is 2. The topological polar surface area (TPSA) is 92.3 Å². The van der Waals surface area contributed by atoms with Crippen LogP contribution in [0.15, 0.2) is 21.3 Å². The van der Waals surface area contributed by atoms with Gasteiger partial charge in [-0.1, -0.05) is 44.0 Å². The minimum absolute atomic E-state index is 0. The Labute approximate surface area is 144 Å². The molecule has 23 heavy (non-hydrogen) atoms. The summed E-state index contributed by atoms with van der Waals surface area (Å²) in [6.45, 7) is 9.47. The first-order valence-electron chi connectivity index (χ1n) is 6.86. The smallest absolute Gasteiger partial charge is 0.442 e. The van der Waals surface area contributed by atoms with Gasteiger partial charge in [0.2, 0.25) is 5.89 Å². The van der Waals surface area contributed by atoms with Crippen molar-refractivity contribution in [2.24, 2.45) is 0 Å². The van der Waals surface area contributed by atoms with Crippen LogP contribution in [-0.4, -0.2) is 15.9 Å². The lowest BCUT2D eigenvalue weighted by molar-refractivity contribution is 0.242. The van der Waals surface area contributed by atoms with Crippen LogP contribution in [0.2, 0.25) is 10.0 Å². The van der Waals surface area contributed by atoms with Gasteiger partial charge in [0.1, 0.15) is 5.75 Å². The average molecular weight is 362 g/mol. The van der Waals surface area contributed by atoms with Crippen LogP contribution >= 0.6 is 23.2 Å². The monoisotopic (exact) mass is 361 g/mol. The second-order valence-corrected chi connectivity index (χ2v) is 7.05. The molecule has 0 saturated carbocycles. The molecule has 0 aliphatic carbocycles. The fourth-order valence-electron chi connectivity index (χ4n) is 1.76. The van der Waals surface area contributed by atoms with E-state index in [1.165, 1.54) is 6.07 Å². The molecule has 2 aromatic rings. The lowest BCUT2D eigenvalue weighted by Crippen LogP contribution is -2.15.